The van der Waals surface area contributed by atoms with E-state index in [0.29, 0.717) is 17.7 Å². The molecule has 2 N–H and O–H groups in total. The predicted octanol–water partition coefficient (Wildman–Crippen LogP) is 1.45. The van der Waals surface area contributed by atoms with Gasteiger partial charge in [-0.15, -0.1) is 0 Å². The number of hydrogen-bond donors (Lipinski definition) is 2. The molecule has 1 fully saturated rings. The summed E-state index contributed by atoms with van der Waals surface area (Å²) in [6, 6.07) is 9.04. The highest BCUT2D eigenvalue weighted by atomic mass is 32.2. The Balaban J connectivity index is 2.15. The van der Waals surface area contributed by atoms with Crippen molar-refractivity contribution in [3.8, 4) is 0 Å². The van der Waals surface area contributed by atoms with E-state index in [1.807, 2.05) is 18.2 Å². The average molecular weight is 295 g/mol. The van der Waals surface area contributed by atoms with Crippen molar-refractivity contribution in [3.63, 3.8) is 0 Å². The number of carbonyl (C=O) groups is 2. The summed E-state index contributed by atoms with van der Waals surface area (Å²) in [4.78, 5) is 23.8. The first kappa shape index (κ1) is 14.9. The van der Waals surface area contributed by atoms with Gasteiger partial charge < -0.3 is 15.2 Å². The number of carbonyl (C=O) groups excluding carboxylic acids is 1. The third kappa shape index (κ3) is 2.96. The van der Waals surface area contributed by atoms with Crippen molar-refractivity contribution in [1.29, 1.82) is 0 Å². The van der Waals surface area contributed by atoms with E-state index in [0.717, 1.165) is 5.75 Å². The maximum absolute atomic E-state index is 12.3. The van der Waals surface area contributed by atoms with E-state index in [-0.39, 0.29) is 0 Å². The zero-order valence-electron chi connectivity index (χ0n) is 11.2. The first-order valence-corrected chi connectivity index (χ1v) is 7.45. The minimum Gasteiger partial charge on any atom is -0.479 e. The Labute approximate surface area is 121 Å². The zero-order chi connectivity index (χ0) is 14.6. The van der Waals surface area contributed by atoms with E-state index >= 15 is 0 Å². The van der Waals surface area contributed by atoms with Crippen LogP contribution < -0.4 is 5.32 Å². The van der Waals surface area contributed by atoms with E-state index in [1.165, 1.54) is 18.9 Å². The maximum atomic E-state index is 12.3. The Bertz CT molecular complexity index is 485. The van der Waals surface area contributed by atoms with Gasteiger partial charge in [0.1, 0.15) is 5.54 Å². The molecule has 0 saturated carbocycles. The fourth-order valence-electron chi connectivity index (χ4n) is 2.21. The van der Waals surface area contributed by atoms with Crippen molar-refractivity contribution in [3.05, 3.63) is 35.9 Å². The fourth-order valence-corrected chi connectivity index (χ4v) is 3.53. The predicted molar refractivity (Wildman–Crippen MR) is 76.6 cm³/mol. The largest absolute Gasteiger partial charge is 0.479 e. The summed E-state index contributed by atoms with van der Waals surface area (Å²) in [7, 11) is 1.44. The van der Waals surface area contributed by atoms with Crippen LogP contribution in [0.2, 0.25) is 0 Å². The molecule has 1 saturated heterocycles. The van der Waals surface area contributed by atoms with Gasteiger partial charge in [0.25, 0.3) is 5.91 Å². The van der Waals surface area contributed by atoms with Crippen LogP contribution in [0.4, 0.5) is 0 Å². The number of carboxylic acid groups (broad SMARTS) is 1. The second-order valence-electron chi connectivity index (χ2n) is 4.71. The van der Waals surface area contributed by atoms with Crippen LogP contribution in [-0.2, 0) is 14.3 Å². The molecule has 1 aliphatic rings. The molecule has 5 nitrogen and oxygen atoms in total. The summed E-state index contributed by atoms with van der Waals surface area (Å²) < 4.78 is 5.22. The minimum absolute atomic E-state index is 0.388. The Morgan fingerprint density at radius 3 is 2.60 bits per heavy atom. The summed E-state index contributed by atoms with van der Waals surface area (Å²) >= 11 is 1.53. The van der Waals surface area contributed by atoms with E-state index in [2.05, 4.69) is 5.32 Å². The van der Waals surface area contributed by atoms with Crippen molar-refractivity contribution in [2.75, 3.05) is 18.6 Å². The van der Waals surface area contributed by atoms with Crippen molar-refractivity contribution >= 4 is 23.6 Å². The molecule has 0 unspecified atom stereocenters. The van der Waals surface area contributed by atoms with Gasteiger partial charge in [-0.25, -0.2) is 4.79 Å². The van der Waals surface area contributed by atoms with Gasteiger partial charge in [0.15, 0.2) is 6.10 Å². The summed E-state index contributed by atoms with van der Waals surface area (Å²) in [6.45, 7) is 0. The van der Waals surface area contributed by atoms with Crippen LogP contribution in [0.25, 0.3) is 0 Å². The highest BCUT2D eigenvalue weighted by Gasteiger charge is 2.44. The highest BCUT2D eigenvalue weighted by molar-refractivity contribution is 7.99. The lowest BCUT2D eigenvalue weighted by Crippen LogP contribution is -2.56. The number of methoxy groups -OCH3 is 1. The molecule has 1 heterocycles. The normalized spacial score (nSPS) is 23.2. The van der Waals surface area contributed by atoms with Crippen molar-refractivity contribution in [1.82, 2.24) is 5.32 Å². The molecule has 1 aromatic carbocycles. The molecule has 0 spiro atoms. The second kappa shape index (κ2) is 6.28. The van der Waals surface area contributed by atoms with Gasteiger partial charge in [0.2, 0.25) is 0 Å². The topological polar surface area (TPSA) is 75.6 Å². The lowest BCUT2D eigenvalue weighted by atomic mass is 9.98. The molecule has 0 bridgehead atoms. The van der Waals surface area contributed by atoms with E-state index in [9.17, 15) is 14.7 Å². The number of thioether (sulfide) groups is 1. The third-order valence-corrected chi connectivity index (χ3v) is 4.56. The Hall–Kier alpha value is -1.53. The molecule has 20 heavy (non-hydrogen) atoms. The molecule has 0 aromatic heterocycles. The monoisotopic (exact) mass is 295 g/mol. The Morgan fingerprint density at radius 1 is 1.40 bits per heavy atom. The summed E-state index contributed by atoms with van der Waals surface area (Å²) in [5.41, 5.74) is -0.466. The zero-order valence-corrected chi connectivity index (χ0v) is 12.0. The Morgan fingerprint density at radius 2 is 2.10 bits per heavy atom. The highest BCUT2D eigenvalue weighted by Crippen LogP contribution is 2.29. The lowest BCUT2D eigenvalue weighted by Gasteiger charge is -2.27. The van der Waals surface area contributed by atoms with Crippen molar-refractivity contribution in [2.24, 2.45) is 0 Å². The molecule has 0 aliphatic carbocycles. The van der Waals surface area contributed by atoms with E-state index in [4.69, 9.17) is 4.74 Å². The van der Waals surface area contributed by atoms with Crippen LogP contribution in [0.5, 0.6) is 0 Å². The SMILES string of the molecule is CO[C@@H](C(=O)N[C@]1(C(=O)O)CCSC1)c1ccccc1. The van der Waals surface area contributed by atoms with Crippen LogP contribution in [0.15, 0.2) is 30.3 Å². The number of aliphatic carboxylic acids is 1. The van der Waals surface area contributed by atoms with E-state index < -0.39 is 23.5 Å². The van der Waals surface area contributed by atoms with Gasteiger partial charge in [-0.2, -0.15) is 11.8 Å². The number of rotatable bonds is 5. The fraction of sp³-hybridized carbons (Fsp3) is 0.429. The molecule has 108 valence electrons. The number of carboxylic acids is 1. The van der Waals surface area contributed by atoms with Crippen LogP contribution in [0, 0.1) is 0 Å². The Kier molecular flexibility index (Phi) is 4.67. The van der Waals surface area contributed by atoms with E-state index in [1.54, 1.807) is 12.1 Å². The van der Waals surface area contributed by atoms with Gasteiger partial charge in [-0.1, -0.05) is 30.3 Å². The number of hydrogen-bond acceptors (Lipinski definition) is 4. The minimum atomic E-state index is -1.17. The number of nitrogens with one attached hydrogen (secondary N) is 1. The molecule has 1 amide bonds. The molecule has 2 rings (SSSR count). The van der Waals surface area contributed by atoms with Gasteiger partial charge in [-0.3, -0.25) is 4.79 Å². The summed E-state index contributed by atoms with van der Waals surface area (Å²) in [5.74, 6) is -0.281. The van der Waals surface area contributed by atoms with Crippen LogP contribution in [0.3, 0.4) is 0 Å². The molecule has 2 atom stereocenters. The molecule has 0 radical (unpaired) electrons. The number of benzene rings is 1. The smallest absolute Gasteiger partial charge is 0.330 e. The van der Waals surface area contributed by atoms with Crippen molar-refractivity contribution < 1.29 is 19.4 Å². The molecule has 6 heteroatoms. The van der Waals surface area contributed by atoms with Crippen LogP contribution in [-0.4, -0.2) is 41.1 Å². The van der Waals surface area contributed by atoms with Gasteiger partial charge in [0, 0.05) is 12.9 Å². The van der Waals surface area contributed by atoms with Crippen LogP contribution >= 0.6 is 11.8 Å². The van der Waals surface area contributed by atoms with Gasteiger partial charge in [0.05, 0.1) is 0 Å². The summed E-state index contributed by atoms with van der Waals surface area (Å²) in [5, 5.41) is 12.0. The molecule has 1 aliphatic heterocycles. The number of amides is 1. The van der Waals surface area contributed by atoms with Crippen molar-refractivity contribution in [2.45, 2.75) is 18.1 Å². The number of ether oxygens (including phenoxy) is 1. The standard InChI is InChI=1S/C14H17NO4S/c1-19-11(10-5-3-2-4-6-10)12(16)15-14(13(17)18)7-8-20-9-14/h2-6,11H,7-9H2,1H3,(H,15,16)(H,17,18)/t11-,14-/m1/s1. The maximum Gasteiger partial charge on any atom is 0.330 e. The third-order valence-electron chi connectivity index (χ3n) is 3.37. The molecular weight excluding hydrogens is 278 g/mol. The quantitative estimate of drug-likeness (QED) is 0.860. The first-order chi connectivity index (χ1) is 9.59. The summed E-state index contributed by atoms with van der Waals surface area (Å²) in [6.07, 6.45) is -0.359. The van der Waals surface area contributed by atoms with Gasteiger partial charge >= 0.3 is 5.97 Å². The second-order valence-corrected chi connectivity index (χ2v) is 5.81. The lowest BCUT2D eigenvalue weighted by molar-refractivity contribution is -0.148. The molecular formula is C14H17NO4S. The molecule has 1 aromatic rings. The van der Waals surface area contributed by atoms with Gasteiger partial charge in [-0.05, 0) is 17.7 Å². The van der Waals surface area contributed by atoms with Crippen LogP contribution in [0.1, 0.15) is 18.1 Å². The average Bonchev–Trinajstić information content (AvgIpc) is 2.90. The first-order valence-electron chi connectivity index (χ1n) is 6.30.